The Morgan fingerprint density at radius 3 is 1.05 bits per heavy atom. The van der Waals surface area contributed by atoms with E-state index in [9.17, 15) is 0 Å². The van der Waals surface area contributed by atoms with Gasteiger partial charge in [0.25, 0.3) is 0 Å². The van der Waals surface area contributed by atoms with Crippen molar-refractivity contribution in [1.29, 1.82) is 0 Å². The summed E-state index contributed by atoms with van der Waals surface area (Å²) < 4.78 is 0. The van der Waals surface area contributed by atoms with E-state index < -0.39 is 0 Å². The number of rotatable bonds is 37. The van der Waals surface area contributed by atoms with Crippen molar-refractivity contribution in [3.63, 3.8) is 0 Å². The van der Waals surface area contributed by atoms with Gasteiger partial charge in [-0.1, -0.05) is 201 Å². The summed E-state index contributed by atoms with van der Waals surface area (Å²) in [5.74, 6) is 0. The van der Waals surface area contributed by atoms with Crippen molar-refractivity contribution in [3.8, 4) is 0 Å². The van der Waals surface area contributed by atoms with Gasteiger partial charge in [0.1, 0.15) is 0 Å². The number of aryl methyl sites for hydroxylation is 4. The van der Waals surface area contributed by atoms with Gasteiger partial charge in [0.15, 0.2) is 0 Å². The Hall–Kier alpha value is -1.99. The van der Waals surface area contributed by atoms with Crippen molar-refractivity contribution in [2.24, 2.45) is 9.98 Å². The minimum absolute atomic E-state index is 0. The van der Waals surface area contributed by atoms with Crippen LogP contribution >= 0.6 is 0 Å². The van der Waals surface area contributed by atoms with Crippen LogP contribution in [0.15, 0.2) is 58.5 Å². The number of benzene rings is 2. The topological polar surface area (TPSA) is 24.7 Å². The van der Waals surface area contributed by atoms with E-state index >= 15 is 0 Å². The average Bonchev–Trinajstić information content (AvgIpc) is 3.21. The molecule has 0 aliphatic rings. The van der Waals surface area contributed by atoms with Gasteiger partial charge < -0.3 is 0 Å². The van der Waals surface area contributed by atoms with Crippen LogP contribution in [0.25, 0.3) is 0 Å². The first-order valence-corrected chi connectivity index (χ1v) is 24.7. The van der Waals surface area contributed by atoms with Crippen molar-refractivity contribution < 1.29 is 16.5 Å². The summed E-state index contributed by atoms with van der Waals surface area (Å²) in [5, 5.41) is 0. The molecule has 0 heterocycles. The first kappa shape index (κ1) is 53.0. The van der Waals surface area contributed by atoms with Crippen LogP contribution in [0, 0.1) is 0 Å². The van der Waals surface area contributed by atoms with E-state index in [-0.39, 0.29) is 16.5 Å². The third-order valence-corrected chi connectivity index (χ3v) is 11.5. The van der Waals surface area contributed by atoms with Crippen LogP contribution in [0.4, 0.5) is 11.4 Å². The van der Waals surface area contributed by atoms with E-state index in [0.29, 0.717) is 0 Å². The van der Waals surface area contributed by atoms with Gasteiger partial charge in [0, 0.05) is 16.5 Å². The van der Waals surface area contributed by atoms with Crippen molar-refractivity contribution in [2.75, 3.05) is 0 Å². The maximum absolute atomic E-state index is 5.26. The van der Waals surface area contributed by atoms with Crippen LogP contribution in [-0.4, -0.2) is 11.9 Å². The normalized spacial score (nSPS) is 12.0. The van der Waals surface area contributed by atoms with E-state index in [1.54, 1.807) is 0 Å². The van der Waals surface area contributed by atoms with Crippen LogP contribution < -0.4 is 0 Å². The molecule has 0 aliphatic carbocycles. The molecule has 0 saturated heterocycles. The Balaban J connectivity index is 0.0000162. The first-order valence-electron chi connectivity index (χ1n) is 24.7. The Kier molecular flexibility index (Phi) is 35.6. The van der Waals surface area contributed by atoms with E-state index in [1.165, 1.54) is 202 Å². The number of unbranched alkanes of at least 4 members (excludes halogenated alkanes) is 24. The number of hydrogen-bond donors (Lipinski definition) is 0. The molecule has 0 atom stereocenters. The summed E-state index contributed by atoms with van der Waals surface area (Å²) in [4.78, 5) is 10.3. The quantitative estimate of drug-likeness (QED) is 0.0368. The third-order valence-electron chi connectivity index (χ3n) is 11.5. The maximum atomic E-state index is 5.26. The summed E-state index contributed by atoms with van der Waals surface area (Å²) in [5.41, 5.74) is 8.80. The molecule has 0 radical (unpaired) electrons. The molecule has 2 aromatic rings. The van der Waals surface area contributed by atoms with Crippen molar-refractivity contribution in [2.45, 2.75) is 247 Å². The fourth-order valence-electron chi connectivity index (χ4n) is 7.85. The Morgan fingerprint density at radius 2 is 0.702 bits per heavy atom. The SMILES string of the molecule is CCCCCCCCCCCCCCCCCCCCCC/C=C/C(/C=N/c1cc(CCCC)cc(CCCC)c1)=N\c1cc(CCCC)cc(CCCC)c1.[Ni]. The first-order chi connectivity index (χ1) is 27.6. The van der Waals surface area contributed by atoms with Gasteiger partial charge in [-0.15, -0.1) is 0 Å². The third kappa shape index (κ3) is 29.0. The van der Waals surface area contributed by atoms with Crippen molar-refractivity contribution >= 4 is 23.3 Å². The van der Waals surface area contributed by atoms with Crippen LogP contribution in [0.1, 0.15) is 243 Å². The van der Waals surface area contributed by atoms with Crippen LogP contribution in [0.5, 0.6) is 0 Å². The predicted molar refractivity (Wildman–Crippen MR) is 254 cm³/mol. The summed E-state index contributed by atoms with van der Waals surface area (Å²) in [6, 6.07) is 14.1. The smallest absolute Gasteiger partial charge is 0.0816 e. The molecule has 0 aromatic heterocycles. The van der Waals surface area contributed by atoms with Crippen LogP contribution in [0.3, 0.4) is 0 Å². The standard InChI is InChI=1S/C54H90N2.Ni/c1-6-11-16-17-18-19-20-21-22-23-24-25-26-27-28-29-30-31-32-33-34-35-40-52(56-54-45-50(38-14-9-4)42-51(46-54)39-15-10-5)47-55-53-43-48(36-12-7-2)41-49(44-53)37-13-8-3;/h35,40-47H,6-34,36-39H2,1-5H3;/b40-35+,55-47+,56-52+;. The number of hydrogen-bond acceptors (Lipinski definition) is 2. The molecule has 0 fully saturated rings. The second-order valence-corrected chi connectivity index (χ2v) is 17.1. The molecule has 57 heavy (non-hydrogen) atoms. The van der Waals surface area contributed by atoms with Gasteiger partial charge in [-0.2, -0.15) is 0 Å². The maximum Gasteiger partial charge on any atom is 0.0816 e. The van der Waals surface area contributed by atoms with Gasteiger partial charge in [-0.05, 0) is 117 Å². The van der Waals surface area contributed by atoms with E-state index in [4.69, 9.17) is 9.98 Å². The molecule has 0 spiro atoms. The van der Waals surface area contributed by atoms with Crippen molar-refractivity contribution in [1.82, 2.24) is 0 Å². The van der Waals surface area contributed by atoms with E-state index in [0.717, 1.165) is 49.2 Å². The molecule has 0 aliphatic heterocycles. The minimum Gasteiger partial charge on any atom is -0.255 e. The molecule has 0 N–H and O–H groups in total. The zero-order valence-electron chi connectivity index (χ0n) is 38.2. The summed E-state index contributed by atoms with van der Waals surface area (Å²) in [6.07, 6.45) is 50.5. The van der Waals surface area contributed by atoms with Gasteiger partial charge in [0.2, 0.25) is 0 Å². The van der Waals surface area contributed by atoms with Gasteiger partial charge in [-0.25, -0.2) is 4.99 Å². The molecule has 0 saturated carbocycles. The Labute approximate surface area is 365 Å². The van der Waals surface area contributed by atoms with Gasteiger partial charge in [0.05, 0.1) is 23.3 Å². The number of nitrogens with zero attached hydrogens (tertiary/aromatic N) is 2. The molecule has 2 aromatic carbocycles. The Bertz CT molecular complexity index is 1250. The number of allylic oxidation sites excluding steroid dienone is 2. The molecule has 2 rings (SSSR count). The molecule has 0 unspecified atom stereocenters. The molecular formula is C54H90N2Ni. The molecule has 0 bridgehead atoms. The molecule has 3 heteroatoms. The van der Waals surface area contributed by atoms with E-state index in [1.807, 2.05) is 6.21 Å². The second-order valence-electron chi connectivity index (χ2n) is 17.1. The summed E-state index contributed by atoms with van der Waals surface area (Å²) in [6.45, 7) is 11.4. The number of aliphatic imine (C=N–C) groups is 2. The minimum atomic E-state index is 0. The Morgan fingerprint density at radius 1 is 0.386 bits per heavy atom. The zero-order valence-corrected chi connectivity index (χ0v) is 39.2. The predicted octanol–water partition coefficient (Wildman–Crippen LogP) is 18.3. The molecule has 0 amide bonds. The fourth-order valence-corrected chi connectivity index (χ4v) is 7.85. The fraction of sp³-hybridized carbons (Fsp3) is 0.704. The zero-order chi connectivity index (χ0) is 40.2. The summed E-state index contributed by atoms with van der Waals surface area (Å²) >= 11 is 0. The average molecular weight is 826 g/mol. The molecular weight excluding hydrogens is 735 g/mol. The van der Waals surface area contributed by atoms with Crippen molar-refractivity contribution in [3.05, 3.63) is 70.8 Å². The van der Waals surface area contributed by atoms with E-state index in [2.05, 4.69) is 83.2 Å². The van der Waals surface area contributed by atoms with Gasteiger partial charge >= 0.3 is 0 Å². The molecule has 2 nitrogen and oxygen atoms in total. The van der Waals surface area contributed by atoms with Crippen LogP contribution in [0.2, 0.25) is 0 Å². The van der Waals surface area contributed by atoms with Crippen LogP contribution in [-0.2, 0) is 42.2 Å². The summed E-state index contributed by atoms with van der Waals surface area (Å²) in [7, 11) is 0. The second kappa shape index (κ2) is 38.2. The monoisotopic (exact) mass is 825 g/mol. The van der Waals surface area contributed by atoms with Gasteiger partial charge in [-0.3, -0.25) is 4.99 Å². The molecule has 326 valence electrons. The largest absolute Gasteiger partial charge is 0.255 e.